The van der Waals surface area contributed by atoms with Crippen molar-refractivity contribution >= 4 is 11.8 Å². The standard InChI is InChI=1S/C14H16FN3O2/c15-12-4-1-11(2-5-12)3-6-13(19)17-9-10-18-14(20)7-8-16/h1-2,4-5H,3,6-7,9-10H2,(H,17,19)(H,18,20). The first-order valence-electron chi connectivity index (χ1n) is 6.26. The van der Waals surface area contributed by atoms with Gasteiger partial charge in [0.25, 0.3) is 0 Å². The molecule has 0 heterocycles. The van der Waals surface area contributed by atoms with Gasteiger partial charge < -0.3 is 10.6 Å². The Labute approximate surface area is 116 Å². The molecule has 106 valence electrons. The van der Waals surface area contributed by atoms with Crippen molar-refractivity contribution in [1.29, 1.82) is 5.26 Å². The minimum Gasteiger partial charge on any atom is -0.354 e. The summed E-state index contributed by atoms with van der Waals surface area (Å²) in [6, 6.07) is 7.74. The molecule has 0 saturated carbocycles. The highest BCUT2D eigenvalue weighted by molar-refractivity contribution is 5.78. The Morgan fingerprint density at radius 2 is 1.70 bits per heavy atom. The van der Waals surface area contributed by atoms with Crippen LogP contribution in [0.5, 0.6) is 0 Å². The van der Waals surface area contributed by atoms with Gasteiger partial charge in [-0.15, -0.1) is 0 Å². The molecule has 0 saturated heterocycles. The summed E-state index contributed by atoms with van der Waals surface area (Å²) in [6.45, 7) is 0.613. The first kappa shape index (κ1) is 15.6. The molecule has 1 rings (SSSR count). The Kier molecular flexibility index (Phi) is 6.76. The van der Waals surface area contributed by atoms with Gasteiger partial charge in [-0.05, 0) is 24.1 Å². The van der Waals surface area contributed by atoms with Crippen molar-refractivity contribution in [1.82, 2.24) is 10.6 Å². The number of amides is 2. The zero-order valence-corrected chi connectivity index (χ0v) is 11.0. The van der Waals surface area contributed by atoms with Crippen molar-refractivity contribution in [3.8, 4) is 6.07 Å². The fraction of sp³-hybridized carbons (Fsp3) is 0.357. The van der Waals surface area contributed by atoms with E-state index in [2.05, 4.69) is 10.6 Å². The van der Waals surface area contributed by atoms with Gasteiger partial charge >= 0.3 is 0 Å². The quantitative estimate of drug-likeness (QED) is 0.727. The van der Waals surface area contributed by atoms with Crippen LogP contribution in [0.25, 0.3) is 0 Å². The smallest absolute Gasteiger partial charge is 0.234 e. The molecule has 0 unspecified atom stereocenters. The summed E-state index contributed by atoms with van der Waals surface area (Å²) in [4.78, 5) is 22.5. The zero-order chi connectivity index (χ0) is 14.8. The van der Waals surface area contributed by atoms with Crippen LogP contribution < -0.4 is 10.6 Å². The lowest BCUT2D eigenvalue weighted by Gasteiger charge is -2.06. The summed E-state index contributed by atoms with van der Waals surface area (Å²) in [6.07, 6.45) is 0.656. The van der Waals surface area contributed by atoms with E-state index in [4.69, 9.17) is 5.26 Å². The zero-order valence-electron chi connectivity index (χ0n) is 11.0. The highest BCUT2D eigenvalue weighted by Crippen LogP contribution is 2.05. The van der Waals surface area contributed by atoms with Crippen LogP contribution in [0, 0.1) is 17.1 Å². The maximum atomic E-state index is 12.7. The maximum Gasteiger partial charge on any atom is 0.234 e. The van der Waals surface area contributed by atoms with Crippen LogP contribution >= 0.6 is 0 Å². The maximum absolute atomic E-state index is 12.7. The number of carbonyl (C=O) groups excluding carboxylic acids is 2. The second kappa shape index (κ2) is 8.64. The molecule has 6 heteroatoms. The van der Waals surface area contributed by atoms with Gasteiger partial charge in [-0.25, -0.2) is 4.39 Å². The lowest BCUT2D eigenvalue weighted by Crippen LogP contribution is -2.34. The molecule has 20 heavy (non-hydrogen) atoms. The molecule has 0 aliphatic carbocycles. The third kappa shape index (κ3) is 6.50. The predicted octanol–water partition coefficient (Wildman–Crippen LogP) is 0.904. The number of aryl methyl sites for hydroxylation is 1. The molecule has 0 radical (unpaired) electrons. The van der Waals surface area contributed by atoms with E-state index in [9.17, 15) is 14.0 Å². The molecule has 2 N–H and O–H groups in total. The van der Waals surface area contributed by atoms with Gasteiger partial charge in [0.2, 0.25) is 11.8 Å². The van der Waals surface area contributed by atoms with Crippen LogP contribution in [0.3, 0.4) is 0 Å². The summed E-state index contributed by atoms with van der Waals surface area (Å²) in [5, 5.41) is 13.4. The predicted molar refractivity (Wildman–Crippen MR) is 71.0 cm³/mol. The third-order valence-electron chi connectivity index (χ3n) is 2.56. The molecule has 5 nitrogen and oxygen atoms in total. The van der Waals surface area contributed by atoms with Crippen LogP contribution in [0.4, 0.5) is 4.39 Å². The summed E-state index contributed by atoms with van der Waals surface area (Å²) in [5.74, 6) is -0.789. The normalized spacial score (nSPS) is 9.60. The van der Waals surface area contributed by atoms with E-state index in [1.807, 2.05) is 0 Å². The minimum atomic E-state index is -0.354. The largest absolute Gasteiger partial charge is 0.354 e. The number of nitrogens with one attached hydrogen (secondary N) is 2. The van der Waals surface area contributed by atoms with Gasteiger partial charge in [0.15, 0.2) is 0 Å². The van der Waals surface area contributed by atoms with E-state index < -0.39 is 0 Å². The second-order valence-corrected chi connectivity index (χ2v) is 4.16. The summed E-state index contributed by atoms with van der Waals surface area (Å²) >= 11 is 0. The van der Waals surface area contributed by atoms with Crippen LogP contribution in [-0.4, -0.2) is 24.9 Å². The van der Waals surface area contributed by atoms with Crippen LogP contribution in [0.2, 0.25) is 0 Å². The fourth-order valence-electron chi connectivity index (χ4n) is 1.54. The van der Waals surface area contributed by atoms with Crippen LogP contribution in [0.1, 0.15) is 18.4 Å². The number of hydrogen-bond acceptors (Lipinski definition) is 3. The second-order valence-electron chi connectivity index (χ2n) is 4.16. The molecule has 1 aromatic rings. The SMILES string of the molecule is N#CCC(=O)NCCNC(=O)CCc1ccc(F)cc1. The number of halogens is 1. The topological polar surface area (TPSA) is 82.0 Å². The highest BCUT2D eigenvalue weighted by Gasteiger charge is 2.03. The van der Waals surface area contributed by atoms with Crippen LogP contribution in [0.15, 0.2) is 24.3 Å². The average molecular weight is 277 g/mol. The average Bonchev–Trinajstić information content (AvgIpc) is 2.43. The molecule has 0 spiro atoms. The molecule has 0 atom stereocenters. The molecular formula is C14H16FN3O2. The lowest BCUT2D eigenvalue weighted by atomic mass is 10.1. The van der Waals surface area contributed by atoms with Gasteiger partial charge in [0.05, 0.1) is 6.07 Å². The molecule has 0 bridgehead atoms. The van der Waals surface area contributed by atoms with E-state index in [0.29, 0.717) is 25.9 Å². The molecule has 1 aromatic carbocycles. The summed E-state index contributed by atoms with van der Waals surface area (Å²) < 4.78 is 12.7. The van der Waals surface area contributed by atoms with Crippen molar-refractivity contribution in [3.63, 3.8) is 0 Å². The Hall–Kier alpha value is -2.42. The fourth-order valence-corrected chi connectivity index (χ4v) is 1.54. The number of nitrogens with zero attached hydrogens (tertiary/aromatic N) is 1. The lowest BCUT2D eigenvalue weighted by molar-refractivity contribution is -0.122. The van der Waals surface area contributed by atoms with E-state index in [-0.39, 0.29) is 24.1 Å². The number of nitriles is 1. The van der Waals surface area contributed by atoms with Crippen molar-refractivity contribution in [2.24, 2.45) is 0 Å². The van der Waals surface area contributed by atoms with Crippen molar-refractivity contribution in [2.75, 3.05) is 13.1 Å². The van der Waals surface area contributed by atoms with Crippen molar-refractivity contribution in [3.05, 3.63) is 35.6 Å². The minimum absolute atomic E-state index is 0.135. The first-order chi connectivity index (χ1) is 9.61. The Morgan fingerprint density at radius 3 is 2.30 bits per heavy atom. The Balaban J connectivity index is 2.13. The third-order valence-corrected chi connectivity index (χ3v) is 2.56. The summed E-state index contributed by atoms with van der Waals surface area (Å²) in [5.41, 5.74) is 0.892. The Morgan fingerprint density at radius 1 is 1.10 bits per heavy atom. The molecule has 0 aromatic heterocycles. The van der Waals surface area contributed by atoms with E-state index >= 15 is 0 Å². The van der Waals surface area contributed by atoms with E-state index in [0.717, 1.165) is 5.56 Å². The molecular weight excluding hydrogens is 261 g/mol. The Bertz CT molecular complexity index is 494. The van der Waals surface area contributed by atoms with Crippen LogP contribution in [-0.2, 0) is 16.0 Å². The van der Waals surface area contributed by atoms with Gasteiger partial charge in [0.1, 0.15) is 12.2 Å². The van der Waals surface area contributed by atoms with Gasteiger partial charge in [0, 0.05) is 19.5 Å². The monoisotopic (exact) mass is 277 g/mol. The number of benzene rings is 1. The van der Waals surface area contributed by atoms with E-state index in [1.54, 1.807) is 18.2 Å². The number of carbonyl (C=O) groups is 2. The molecule has 0 aliphatic rings. The van der Waals surface area contributed by atoms with Gasteiger partial charge in [-0.2, -0.15) is 5.26 Å². The first-order valence-corrected chi connectivity index (χ1v) is 6.26. The van der Waals surface area contributed by atoms with Crippen molar-refractivity contribution < 1.29 is 14.0 Å². The summed E-state index contributed by atoms with van der Waals surface area (Å²) in [7, 11) is 0. The van der Waals surface area contributed by atoms with Crippen molar-refractivity contribution in [2.45, 2.75) is 19.3 Å². The molecule has 0 aliphatic heterocycles. The van der Waals surface area contributed by atoms with Gasteiger partial charge in [-0.3, -0.25) is 9.59 Å². The molecule has 0 fully saturated rings. The molecule has 2 amide bonds. The number of hydrogen-bond donors (Lipinski definition) is 2. The van der Waals surface area contributed by atoms with Gasteiger partial charge in [-0.1, -0.05) is 12.1 Å². The highest BCUT2D eigenvalue weighted by atomic mass is 19.1. The van der Waals surface area contributed by atoms with E-state index in [1.165, 1.54) is 12.1 Å². The number of rotatable bonds is 7.